The number of carbonyl (C=O) groups is 1. The third-order valence-corrected chi connectivity index (χ3v) is 1.96. The number of nitrogens with one attached hydrogen (secondary N) is 1. The highest BCUT2D eigenvalue weighted by molar-refractivity contribution is 9.09. The van der Waals surface area contributed by atoms with Gasteiger partial charge in [-0.05, 0) is 18.6 Å². The molecule has 0 unspecified atom stereocenters. The smallest absolute Gasteiger partial charge is 0.341 e. The standard InChI is InChI=1S/C8H8BrNO3/c9-4-3-5-1-2-6(8(12)13)7(11)10-5/h1-2H,3-4H2,(H,10,11)(H,12,13). The Bertz CT molecular complexity index is 372. The number of aryl methyl sites for hydroxylation is 1. The minimum absolute atomic E-state index is 0.224. The van der Waals surface area contributed by atoms with Crippen molar-refractivity contribution in [1.82, 2.24) is 4.98 Å². The molecular formula is C8H8BrNO3. The molecule has 13 heavy (non-hydrogen) atoms. The van der Waals surface area contributed by atoms with E-state index in [4.69, 9.17) is 5.11 Å². The zero-order valence-corrected chi connectivity index (χ0v) is 8.30. The van der Waals surface area contributed by atoms with E-state index >= 15 is 0 Å². The molecule has 1 aromatic rings. The molecule has 5 heteroatoms. The summed E-state index contributed by atoms with van der Waals surface area (Å²) in [7, 11) is 0. The normalized spacial score (nSPS) is 9.92. The van der Waals surface area contributed by atoms with E-state index in [1.165, 1.54) is 6.07 Å². The molecule has 0 aliphatic rings. The Morgan fingerprint density at radius 3 is 2.69 bits per heavy atom. The van der Waals surface area contributed by atoms with Crippen LogP contribution in [0, 0.1) is 0 Å². The van der Waals surface area contributed by atoms with Gasteiger partial charge in [-0.2, -0.15) is 0 Å². The molecule has 0 bridgehead atoms. The van der Waals surface area contributed by atoms with Crippen LogP contribution in [0.25, 0.3) is 0 Å². The summed E-state index contributed by atoms with van der Waals surface area (Å²) >= 11 is 3.22. The molecule has 0 atom stereocenters. The van der Waals surface area contributed by atoms with Crippen LogP contribution >= 0.6 is 15.9 Å². The van der Waals surface area contributed by atoms with Gasteiger partial charge in [0.2, 0.25) is 0 Å². The van der Waals surface area contributed by atoms with Crippen molar-refractivity contribution in [2.45, 2.75) is 6.42 Å². The number of alkyl halides is 1. The molecule has 2 N–H and O–H groups in total. The van der Waals surface area contributed by atoms with E-state index in [0.717, 1.165) is 11.0 Å². The number of aromatic amines is 1. The van der Waals surface area contributed by atoms with Gasteiger partial charge in [0.05, 0.1) is 0 Å². The van der Waals surface area contributed by atoms with Crippen LogP contribution in [0.3, 0.4) is 0 Å². The van der Waals surface area contributed by atoms with Crippen molar-refractivity contribution in [2.24, 2.45) is 0 Å². The minimum Gasteiger partial charge on any atom is -0.477 e. The molecule has 0 saturated heterocycles. The summed E-state index contributed by atoms with van der Waals surface area (Å²) in [5.41, 5.74) is -0.0452. The monoisotopic (exact) mass is 245 g/mol. The average Bonchev–Trinajstić information content (AvgIpc) is 2.04. The van der Waals surface area contributed by atoms with Gasteiger partial charge >= 0.3 is 5.97 Å². The number of hydrogen-bond acceptors (Lipinski definition) is 2. The second kappa shape index (κ2) is 4.23. The van der Waals surface area contributed by atoms with E-state index < -0.39 is 11.5 Å². The number of pyridine rings is 1. The van der Waals surface area contributed by atoms with E-state index in [1.54, 1.807) is 6.07 Å². The van der Waals surface area contributed by atoms with Crippen LogP contribution in [-0.4, -0.2) is 21.4 Å². The van der Waals surface area contributed by atoms with Crippen molar-refractivity contribution in [3.05, 3.63) is 33.7 Å². The topological polar surface area (TPSA) is 70.2 Å². The van der Waals surface area contributed by atoms with Crippen molar-refractivity contribution < 1.29 is 9.90 Å². The lowest BCUT2D eigenvalue weighted by molar-refractivity contribution is 0.0695. The number of hydrogen-bond donors (Lipinski definition) is 2. The minimum atomic E-state index is -1.20. The highest BCUT2D eigenvalue weighted by Gasteiger charge is 2.07. The van der Waals surface area contributed by atoms with Crippen LogP contribution in [0.4, 0.5) is 0 Å². The average molecular weight is 246 g/mol. The molecule has 0 aromatic carbocycles. The van der Waals surface area contributed by atoms with Crippen LogP contribution < -0.4 is 5.56 Å². The largest absolute Gasteiger partial charge is 0.477 e. The molecule has 1 aromatic heterocycles. The summed E-state index contributed by atoms with van der Waals surface area (Å²) in [4.78, 5) is 24.1. The fourth-order valence-corrected chi connectivity index (χ4v) is 1.36. The summed E-state index contributed by atoms with van der Waals surface area (Å²) in [5.74, 6) is -1.20. The van der Waals surface area contributed by atoms with Gasteiger partial charge in [0, 0.05) is 11.0 Å². The van der Waals surface area contributed by atoms with Crippen LogP contribution in [0.2, 0.25) is 0 Å². The van der Waals surface area contributed by atoms with Crippen molar-refractivity contribution in [1.29, 1.82) is 0 Å². The highest BCUT2D eigenvalue weighted by atomic mass is 79.9. The maximum absolute atomic E-state index is 11.1. The third-order valence-electron chi connectivity index (χ3n) is 1.56. The number of rotatable bonds is 3. The fraction of sp³-hybridized carbons (Fsp3) is 0.250. The first-order valence-electron chi connectivity index (χ1n) is 3.66. The van der Waals surface area contributed by atoms with Gasteiger partial charge < -0.3 is 10.1 Å². The zero-order chi connectivity index (χ0) is 9.84. The Balaban J connectivity index is 3.06. The summed E-state index contributed by atoms with van der Waals surface area (Å²) < 4.78 is 0. The van der Waals surface area contributed by atoms with Crippen LogP contribution in [0.1, 0.15) is 16.1 Å². The number of H-pyrrole nitrogens is 1. The van der Waals surface area contributed by atoms with E-state index in [9.17, 15) is 9.59 Å². The molecule has 1 heterocycles. The van der Waals surface area contributed by atoms with Gasteiger partial charge in [-0.1, -0.05) is 15.9 Å². The molecular weight excluding hydrogens is 238 g/mol. The van der Waals surface area contributed by atoms with Crippen LogP contribution in [0.5, 0.6) is 0 Å². The summed E-state index contributed by atoms with van der Waals surface area (Å²) in [5, 5.41) is 9.29. The number of aromatic nitrogens is 1. The summed E-state index contributed by atoms with van der Waals surface area (Å²) in [6, 6.07) is 2.92. The first-order valence-corrected chi connectivity index (χ1v) is 4.78. The Kier molecular flexibility index (Phi) is 3.25. The van der Waals surface area contributed by atoms with Gasteiger partial charge in [0.25, 0.3) is 5.56 Å². The first kappa shape index (κ1) is 9.98. The zero-order valence-electron chi connectivity index (χ0n) is 6.71. The Hall–Kier alpha value is -1.10. The second-order valence-electron chi connectivity index (χ2n) is 2.47. The Morgan fingerprint density at radius 2 is 2.23 bits per heavy atom. The van der Waals surface area contributed by atoms with Crippen LogP contribution in [-0.2, 0) is 6.42 Å². The maximum atomic E-state index is 11.1. The number of halogens is 1. The predicted octanol–water partition coefficient (Wildman–Crippen LogP) is 1.01. The van der Waals surface area contributed by atoms with Gasteiger partial charge in [0.1, 0.15) is 5.56 Å². The van der Waals surface area contributed by atoms with Crippen molar-refractivity contribution in [3.63, 3.8) is 0 Å². The quantitative estimate of drug-likeness (QED) is 0.782. The maximum Gasteiger partial charge on any atom is 0.341 e. The molecule has 0 fully saturated rings. The Morgan fingerprint density at radius 1 is 1.54 bits per heavy atom. The summed E-state index contributed by atoms with van der Waals surface area (Å²) in [6.45, 7) is 0. The molecule has 0 aliphatic heterocycles. The van der Waals surface area contributed by atoms with Crippen molar-refractivity contribution >= 4 is 21.9 Å². The molecule has 70 valence electrons. The van der Waals surface area contributed by atoms with E-state index in [1.807, 2.05) is 0 Å². The lowest BCUT2D eigenvalue weighted by Crippen LogP contribution is -2.18. The lowest BCUT2D eigenvalue weighted by atomic mass is 10.2. The van der Waals surface area contributed by atoms with Crippen molar-refractivity contribution in [2.75, 3.05) is 5.33 Å². The fourth-order valence-electron chi connectivity index (χ4n) is 0.930. The van der Waals surface area contributed by atoms with E-state index in [0.29, 0.717) is 6.42 Å². The number of carboxylic acid groups (broad SMARTS) is 1. The molecule has 0 aliphatic carbocycles. The SMILES string of the molecule is O=C(O)c1ccc(CCBr)[nH]c1=O. The molecule has 0 spiro atoms. The second-order valence-corrected chi connectivity index (χ2v) is 3.26. The predicted molar refractivity (Wildman–Crippen MR) is 51.5 cm³/mol. The van der Waals surface area contributed by atoms with E-state index in [2.05, 4.69) is 20.9 Å². The van der Waals surface area contributed by atoms with E-state index in [-0.39, 0.29) is 5.56 Å². The molecule has 0 amide bonds. The summed E-state index contributed by atoms with van der Waals surface area (Å²) in [6.07, 6.45) is 0.676. The molecule has 4 nitrogen and oxygen atoms in total. The number of carboxylic acids is 1. The first-order chi connectivity index (χ1) is 6.15. The lowest BCUT2D eigenvalue weighted by Gasteiger charge is -1.98. The van der Waals surface area contributed by atoms with Gasteiger partial charge in [0.15, 0.2) is 0 Å². The van der Waals surface area contributed by atoms with Gasteiger partial charge in [-0.3, -0.25) is 4.79 Å². The highest BCUT2D eigenvalue weighted by Crippen LogP contribution is 1.98. The van der Waals surface area contributed by atoms with Gasteiger partial charge in [-0.15, -0.1) is 0 Å². The van der Waals surface area contributed by atoms with Gasteiger partial charge in [-0.25, -0.2) is 4.79 Å². The Labute approximate surface area is 82.7 Å². The molecule has 0 radical (unpaired) electrons. The number of aromatic carboxylic acids is 1. The third kappa shape index (κ3) is 2.42. The molecule has 1 rings (SSSR count). The van der Waals surface area contributed by atoms with Crippen molar-refractivity contribution in [3.8, 4) is 0 Å². The van der Waals surface area contributed by atoms with Crippen LogP contribution in [0.15, 0.2) is 16.9 Å². The molecule has 0 saturated carbocycles.